The lowest BCUT2D eigenvalue weighted by atomic mass is 10.1. The Morgan fingerprint density at radius 2 is 1.88 bits per heavy atom. The highest BCUT2D eigenvalue weighted by Crippen LogP contribution is 2.24. The fourth-order valence-corrected chi connectivity index (χ4v) is 2.28. The number of aromatic hydroxyl groups is 1. The molecule has 0 unspecified atom stereocenters. The first kappa shape index (κ1) is 18.2. The molecule has 0 aliphatic rings. The average Bonchev–Trinajstić information content (AvgIpc) is 2.56. The maximum atomic E-state index is 12.6. The minimum Gasteiger partial charge on any atom is -0.505 e. The van der Waals surface area contributed by atoms with Gasteiger partial charge in [0.05, 0.1) is 6.54 Å². The summed E-state index contributed by atoms with van der Waals surface area (Å²) in [5, 5.41) is 25.2. The first-order chi connectivity index (χ1) is 11.8. The van der Waals surface area contributed by atoms with Crippen molar-refractivity contribution in [2.75, 3.05) is 6.54 Å². The molecular weight excluding hydrogens is 326 g/mol. The molecule has 0 bridgehead atoms. The number of amides is 1. The van der Waals surface area contributed by atoms with E-state index in [4.69, 9.17) is 5.11 Å². The van der Waals surface area contributed by atoms with Gasteiger partial charge in [-0.2, -0.15) is 5.10 Å². The molecule has 8 nitrogen and oxygen atoms in total. The molecule has 0 atom stereocenters. The molecule has 1 aromatic carbocycles. The fourth-order valence-electron chi connectivity index (χ4n) is 2.28. The molecule has 8 heteroatoms. The Morgan fingerprint density at radius 3 is 2.44 bits per heavy atom. The van der Waals surface area contributed by atoms with Gasteiger partial charge in [0, 0.05) is 5.92 Å². The van der Waals surface area contributed by atoms with E-state index in [0.29, 0.717) is 0 Å². The van der Waals surface area contributed by atoms with E-state index in [1.807, 2.05) is 18.2 Å². The molecule has 2 rings (SSSR count). The van der Waals surface area contributed by atoms with Crippen molar-refractivity contribution in [1.29, 1.82) is 0 Å². The molecule has 1 heterocycles. The van der Waals surface area contributed by atoms with Crippen LogP contribution < -0.4 is 10.9 Å². The molecule has 132 valence electrons. The van der Waals surface area contributed by atoms with Gasteiger partial charge < -0.3 is 15.5 Å². The summed E-state index contributed by atoms with van der Waals surface area (Å²) in [6, 6.07) is 9.07. The third-order valence-electron chi connectivity index (χ3n) is 3.51. The molecule has 0 fully saturated rings. The summed E-state index contributed by atoms with van der Waals surface area (Å²) >= 11 is 0. The minimum absolute atomic E-state index is 0.124. The second-order valence-corrected chi connectivity index (χ2v) is 5.79. The molecule has 0 radical (unpaired) electrons. The summed E-state index contributed by atoms with van der Waals surface area (Å²) in [7, 11) is 0. The normalized spacial score (nSPS) is 10.7. The van der Waals surface area contributed by atoms with Crippen LogP contribution in [-0.4, -0.2) is 38.4 Å². The van der Waals surface area contributed by atoms with E-state index < -0.39 is 35.3 Å². The molecule has 0 aliphatic heterocycles. The summed E-state index contributed by atoms with van der Waals surface area (Å²) in [5.41, 5.74) is -0.296. The Morgan fingerprint density at radius 1 is 1.24 bits per heavy atom. The van der Waals surface area contributed by atoms with Gasteiger partial charge in [-0.1, -0.05) is 44.2 Å². The van der Waals surface area contributed by atoms with Crippen molar-refractivity contribution in [3.05, 3.63) is 57.5 Å². The number of carbonyl (C=O) groups is 2. The highest BCUT2D eigenvalue weighted by atomic mass is 16.4. The number of aliphatic carboxylic acids is 1. The Kier molecular flexibility index (Phi) is 5.53. The zero-order chi connectivity index (χ0) is 18.6. The topological polar surface area (TPSA) is 122 Å². The van der Waals surface area contributed by atoms with Crippen molar-refractivity contribution in [3.63, 3.8) is 0 Å². The smallest absolute Gasteiger partial charge is 0.322 e. The van der Waals surface area contributed by atoms with Crippen LogP contribution >= 0.6 is 0 Å². The summed E-state index contributed by atoms with van der Waals surface area (Å²) in [6.45, 7) is 2.99. The van der Waals surface area contributed by atoms with E-state index in [9.17, 15) is 19.5 Å². The number of hydrogen-bond acceptors (Lipinski definition) is 5. The van der Waals surface area contributed by atoms with Gasteiger partial charge in [0.25, 0.3) is 11.5 Å². The Hall–Kier alpha value is -3.16. The molecule has 0 saturated heterocycles. The summed E-state index contributed by atoms with van der Waals surface area (Å²) in [4.78, 5) is 35.4. The maximum absolute atomic E-state index is 12.6. The molecule has 2 aromatic rings. The summed E-state index contributed by atoms with van der Waals surface area (Å²) < 4.78 is 1.10. The first-order valence-electron chi connectivity index (χ1n) is 7.69. The van der Waals surface area contributed by atoms with Crippen LogP contribution in [0.1, 0.15) is 41.4 Å². The number of carbonyl (C=O) groups excluding carboxylic acids is 1. The summed E-state index contributed by atoms with van der Waals surface area (Å²) in [6.07, 6.45) is 0. The zero-order valence-corrected chi connectivity index (χ0v) is 13.9. The van der Waals surface area contributed by atoms with Gasteiger partial charge in [-0.15, -0.1) is 0 Å². The third-order valence-corrected chi connectivity index (χ3v) is 3.51. The van der Waals surface area contributed by atoms with Gasteiger partial charge in [-0.25, -0.2) is 4.68 Å². The van der Waals surface area contributed by atoms with Gasteiger partial charge in [0.15, 0.2) is 5.75 Å². The highest BCUT2D eigenvalue weighted by molar-refractivity contribution is 5.98. The standard InChI is InChI=1S/C17H19N3O5/c1-10(2)14-15(23)13(16(24)18-8-12(21)22)17(25)20(19-14)9-11-6-4-3-5-7-11/h3-7,10,23H,8-9H2,1-2H3,(H,18,24)(H,21,22). The number of rotatable bonds is 6. The van der Waals surface area contributed by atoms with Crippen LogP contribution in [0.5, 0.6) is 5.75 Å². The van der Waals surface area contributed by atoms with Crippen molar-refractivity contribution >= 4 is 11.9 Å². The van der Waals surface area contributed by atoms with Crippen LogP contribution in [0.2, 0.25) is 0 Å². The minimum atomic E-state index is -1.25. The largest absolute Gasteiger partial charge is 0.505 e. The SMILES string of the molecule is CC(C)c1nn(Cc2ccccc2)c(=O)c(C(=O)NCC(=O)O)c1O. The maximum Gasteiger partial charge on any atom is 0.322 e. The zero-order valence-electron chi connectivity index (χ0n) is 13.9. The highest BCUT2D eigenvalue weighted by Gasteiger charge is 2.24. The van der Waals surface area contributed by atoms with Gasteiger partial charge in [-0.05, 0) is 5.56 Å². The van der Waals surface area contributed by atoms with Crippen LogP contribution in [0, 0.1) is 0 Å². The molecular formula is C17H19N3O5. The molecule has 1 aromatic heterocycles. The van der Waals surface area contributed by atoms with E-state index in [1.165, 1.54) is 0 Å². The van der Waals surface area contributed by atoms with E-state index in [1.54, 1.807) is 26.0 Å². The van der Waals surface area contributed by atoms with Crippen molar-refractivity contribution < 1.29 is 19.8 Å². The monoisotopic (exact) mass is 345 g/mol. The van der Waals surface area contributed by atoms with Crippen LogP contribution in [0.15, 0.2) is 35.1 Å². The fraction of sp³-hybridized carbons (Fsp3) is 0.294. The molecule has 3 N–H and O–H groups in total. The summed E-state index contributed by atoms with van der Waals surface area (Å²) in [5.74, 6) is -2.97. The molecule has 1 amide bonds. The number of nitrogens with one attached hydrogen (secondary N) is 1. The van der Waals surface area contributed by atoms with Crippen LogP contribution in [0.3, 0.4) is 0 Å². The van der Waals surface area contributed by atoms with E-state index in [0.717, 1.165) is 10.2 Å². The van der Waals surface area contributed by atoms with Gasteiger partial charge in [-0.3, -0.25) is 14.4 Å². The lowest BCUT2D eigenvalue weighted by molar-refractivity contribution is -0.135. The van der Waals surface area contributed by atoms with Crippen LogP contribution in [0.4, 0.5) is 0 Å². The molecule has 25 heavy (non-hydrogen) atoms. The second kappa shape index (κ2) is 7.61. The number of carboxylic acid groups (broad SMARTS) is 1. The van der Waals surface area contributed by atoms with Gasteiger partial charge >= 0.3 is 5.97 Å². The average molecular weight is 345 g/mol. The van der Waals surface area contributed by atoms with Crippen LogP contribution in [0.25, 0.3) is 0 Å². The lowest BCUT2D eigenvalue weighted by Gasteiger charge is -2.15. The predicted molar refractivity (Wildman–Crippen MR) is 89.8 cm³/mol. The first-order valence-corrected chi connectivity index (χ1v) is 7.69. The van der Waals surface area contributed by atoms with Crippen molar-refractivity contribution in [2.24, 2.45) is 0 Å². The second-order valence-electron chi connectivity index (χ2n) is 5.79. The molecule has 0 saturated carbocycles. The number of nitrogens with zero attached hydrogens (tertiary/aromatic N) is 2. The quantitative estimate of drug-likeness (QED) is 0.716. The van der Waals surface area contributed by atoms with Crippen molar-refractivity contribution in [1.82, 2.24) is 15.1 Å². The van der Waals surface area contributed by atoms with Gasteiger partial charge in [0.2, 0.25) is 0 Å². The van der Waals surface area contributed by atoms with E-state index in [-0.39, 0.29) is 18.2 Å². The number of benzene rings is 1. The van der Waals surface area contributed by atoms with Crippen molar-refractivity contribution in [3.8, 4) is 5.75 Å². The predicted octanol–water partition coefficient (Wildman–Crippen LogP) is 0.935. The number of hydrogen-bond donors (Lipinski definition) is 3. The lowest BCUT2D eigenvalue weighted by Crippen LogP contribution is -2.37. The Bertz CT molecular complexity index is 843. The Balaban J connectivity index is 2.52. The molecule has 0 spiro atoms. The third kappa shape index (κ3) is 4.23. The van der Waals surface area contributed by atoms with Crippen LogP contribution in [-0.2, 0) is 11.3 Å². The van der Waals surface area contributed by atoms with E-state index >= 15 is 0 Å². The van der Waals surface area contributed by atoms with Gasteiger partial charge in [0.1, 0.15) is 17.8 Å². The molecule has 0 aliphatic carbocycles. The number of carboxylic acids is 1. The van der Waals surface area contributed by atoms with Crippen molar-refractivity contribution in [2.45, 2.75) is 26.3 Å². The van der Waals surface area contributed by atoms with E-state index in [2.05, 4.69) is 10.4 Å². The number of aromatic nitrogens is 2. The Labute approximate surface area is 143 Å².